The minimum Gasteiger partial charge on any atom is -0.497 e. The highest BCUT2D eigenvalue weighted by atomic mass is 35.5. The van der Waals surface area contributed by atoms with Crippen molar-refractivity contribution in [2.45, 2.75) is 19.4 Å². The van der Waals surface area contributed by atoms with E-state index in [-0.39, 0.29) is 5.82 Å². The molecule has 1 aromatic carbocycles. The first-order valence-corrected chi connectivity index (χ1v) is 6.58. The number of methoxy groups -OCH3 is 1. The molecule has 1 atom stereocenters. The van der Waals surface area contributed by atoms with Gasteiger partial charge in [0, 0.05) is 31.1 Å². The summed E-state index contributed by atoms with van der Waals surface area (Å²) in [7, 11) is 3.29. The summed E-state index contributed by atoms with van der Waals surface area (Å²) in [5.74, 6) is 0.0831. The van der Waals surface area contributed by atoms with Crippen LogP contribution in [0.1, 0.15) is 23.0 Å². The second-order valence-electron chi connectivity index (χ2n) is 4.67. The number of benzene rings is 1. The molecular formula is C14H17ClFN3O. The predicted molar refractivity (Wildman–Crippen MR) is 76.5 cm³/mol. The van der Waals surface area contributed by atoms with Crippen LogP contribution >= 0.6 is 11.6 Å². The Bertz CT molecular complexity index is 627. The molecule has 1 aromatic heterocycles. The quantitative estimate of drug-likeness (QED) is 0.944. The lowest BCUT2D eigenvalue weighted by molar-refractivity contribution is 0.410. The molecule has 0 bridgehead atoms. The SMILES string of the molecule is COc1ccc(C(N)Cc2c(Cl)c(C)nn2C)c(F)c1. The third kappa shape index (κ3) is 2.78. The van der Waals surface area contributed by atoms with E-state index >= 15 is 0 Å². The van der Waals surface area contributed by atoms with E-state index in [4.69, 9.17) is 22.1 Å². The standard InChI is InChI=1S/C14H17ClFN3O/c1-8-14(15)13(19(2)18-8)7-12(17)10-5-4-9(20-3)6-11(10)16/h4-6,12H,7,17H2,1-3H3. The van der Waals surface area contributed by atoms with Gasteiger partial charge in [0.1, 0.15) is 11.6 Å². The highest BCUT2D eigenvalue weighted by Crippen LogP contribution is 2.27. The van der Waals surface area contributed by atoms with Crippen molar-refractivity contribution in [1.82, 2.24) is 9.78 Å². The molecule has 0 aliphatic heterocycles. The van der Waals surface area contributed by atoms with Gasteiger partial charge in [-0.1, -0.05) is 17.7 Å². The van der Waals surface area contributed by atoms with Gasteiger partial charge >= 0.3 is 0 Å². The summed E-state index contributed by atoms with van der Waals surface area (Å²) in [4.78, 5) is 0. The Balaban J connectivity index is 2.26. The Morgan fingerprint density at radius 1 is 1.50 bits per heavy atom. The van der Waals surface area contributed by atoms with Gasteiger partial charge in [-0.05, 0) is 13.0 Å². The Morgan fingerprint density at radius 3 is 2.70 bits per heavy atom. The largest absolute Gasteiger partial charge is 0.497 e. The Morgan fingerprint density at radius 2 is 2.20 bits per heavy atom. The normalized spacial score (nSPS) is 12.5. The zero-order valence-electron chi connectivity index (χ0n) is 11.7. The molecule has 108 valence electrons. The summed E-state index contributed by atoms with van der Waals surface area (Å²) in [6, 6.07) is 4.16. The molecule has 0 amide bonds. The average Bonchev–Trinajstić information content (AvgIpc) is 2.65. The van der Waals surface area contributed by atoms with Crippen LogP contribution in [-0.2, 0) is 13.5 Å². The minimum absolute atomic E-state index is 0.383. The summed E-state index contributed by atoms with van der Waals surface area (Å²) in [6.07, 6.45) is 0.416. The summed E-state index contributed by atoms with van der Waals surface area (Å²) in [5.41, 5.74) is 8.06. The maximum Gasteiger partial charge on any atom is 0.131 e. The summed E-state index contributed by atoms with van der Waals surface area (Å²) < 4.78 is 20.6. The molecule has 2 rings (SSSR count). The Labute approximate surface area is 122 Å². The van der Waals surface area contributed by atoms with E-state index in [1.165, 1.54) is 13.2 Å². The third-order valence-electron chi connectivity index (χ3n) is 3.28. The zero-order valence-corrected chi connectivity index (χ0v) is 12.4. The van der Waals surface area contributed by atoms with Crippen LogP contribution in [0.3, 0.4) is 0 Å². The maximum atomic E-state index is 14.0. The minimum atomic E-state index is -0.492. The van der Waals surface area contributed by atoms with Crippen LogP contribution in [0.15, 0.2) is 18.2 Å². The van der Waals surface area contributed by atoms with E-state index in [1.807, 2.05) is 6.92 Å². The predicted octanol–water partition coefficient (Wildman–Crippen LogP) is 2.77. The number of hydrogen-bond acceptors (Lipinski definition) is 3. The number of aryl methyl sites for hydroxylation is 2. The lowest BCUT2D eigenvalue weighted by Crippen LogP contribution is -2.17. The van der Waals surface area contributed by atoms with Gasteiger partial charge in [0.05, 0.1) is 23.5 Å². The molecule has 0 aliphatic rings. The van der Waals surface area contributed by atoms with Crippen molar-refractivity contribution in [3.8, 4) is 5.75 Å². The smallest absolute Gasteiger partial charge is 0.131 e. The van der Waals surface area contributed by atoms with Gasteiger partial charge in [-0.15, -0.1) is 0 Å². The fraction of sp³-hybridized carbons (Fsp3) is 0.357. The summed E-state index contributed by atoms with van der Waals surface area (Å²) in [5, 5.41) is 4.80. The number of nitrogens with two attached hydrogens (primary N) is 1. The van der Waals surface area contributed by atoms with Crippen molar-refractivity contribution in [2.75, 3.05) is 7.11 Å². The van der Waals surface area contributed by atoms with E-state index in [1.54, 1.807) is 23.9 Å². The summed E-state index contributed by atoms with van der Waals surface area (Å²) in [6.45, 7) is 1.82. The first kappa shape index (κ1) is 14.8. The fourth-order valence-corrected chi connectivity index (χ4v) is 2.39. The van der Waals surface area contributed by atoms with Gasteiger partial charge in [0.2, 0.25) is 0 Å². The van der Waals surface area contributed by atoms with Gasteiger partial charge in [0.15, 0.2) is 0 Å². The molecule has 2 aromatic rings. The van der Waals surface area contributed by atoms with Crippen molar-refractivity contribution >= 4 is 11.6 Å². The topological polar surface area (TPSA) is 53.1 Å². The van der Waals surface area contributed by atoms with Crippen LogP contribution in [-0.4, -0.2) is 16.9 Å². The van der Waals surface area contributed by atoms with Crippen LogP contribution in [0.5, 0.6) is 5.75 Å². The highest BCUT2D eigenvalue weighted by molar-refractivity contribution is 6.31. The van der Waals surface area contributed by atoms with E-state index in [9.17, 15) is 4.39 Å². The van der Waals surface area contributed by atoms with Gasteiger partial charge < -0.3 is 10.5 Å². The van der Waals surface area contributed by atoms with Crippen molar-refractivity contribution in [3.05, 3.63) is 46.0 Å². The molecule has 20 heavy (non-hydrogen) atoms. The second-order valence-corrected chi connectivity index (χ2v) is 5.05. The second kappa shape index (κ2) is 5.81. The average molecular weight is 298 g/mol. The van der Waals surface area contributed by atoms with Crippen LogP contribution in [0.4, 0.5) is 4.39 Å². The molecule has 0 radical (unpaired) electrons. The number of ether oxygens (including phenoxy) is 1. The number of nitrogens with zero attached hydrogens (tertiary/aromatic N) is 2. The lowest BCUT2D eigenvalue weighted by Gasteiger charge is -2.14. The van der Waals surface area contributed by atoms with Crippen molar-refractivity contribution in [2.24, 2.45) is 12.8 Å². The fourth-order valence-electron chi connectivity index (χ4n) is 2.16. The highest BCUT2D eigenvalue weighted by Gasteiger charge is 2.18. The molecule has 0 fully saturated rings. The number of aromatic nitrogens is 2. The molecule has 0 saturated carbocycles. The molecule has 1 heterocycles. The number of halogens is 2. The number of rotatable bonds is 4. The van der Waals surface area contributed by atoms with Gasteiger partial charge in [-0.25, -0.2) is 4.39 Å². The van der Waals surface area contributed by atoms with Crippen LogP contribution in [0.2, 0.25) is 5.02 Å². The van der Waals surface area contributed by atoms with Crippen molar-refractivity contribution < 1.29 is 9.13 Å². The van der Waals surface area contributed by atoms with E-state index in [2.05, 4.69) is 5.10 Å². The summed E-state index contributed by atoms with van der Waals surface area (Å²) >= 11 is 6.18. The number of hydrogen-bond donors (Lipinski definition) is 1. The molecule has 0 spiro atoms. The Hall–Kier alpha value is -1.59. The van der Waals surface area contributed by atoms with E-state index in [0.717, 1.165) is 11.4 Å². The van der Waals surface area contributed by atoms with E-state index in [0.29, 0.717) is 22.8 Å². The van der Waals surface area contributed by atoms with E-state index < -0.39 is 6.04 Å². The molecule has 1 unspecified atom stereocenters. The molecule has 6 heteroatoms. The zero-order chi connectivity index (χ0) is 14.9. The monoisotopic (exact) mass is 297 g/mol. The van der Waals surface area contributed by atoms with Crippen LogP contribution in [0, 0.1) is 12.7 Å². The van der Waals surface area contributed by atoms with Gasteiger partial charge in [-0.2, -0.15) is 5.10 Å². The molecule has 0 aliphatic carbocycles. The first-order valence-electron chi connectivity index (χ1n) is 6.21. The van der Waals surface area contributed by atoms with Crippen LogP contribution in [0.25, 0.3) is 0 Å². The van der Waals surface area contributed by atoms with Gasteiger partial charge in [-0.3, -0.25) is 4.68 Å². The molecular weight excluding hydrogens is 281 g/mol. The third-order valence-corrected chi connectivity index (χ3v) is 3.77. The molecule has 4 nitrogen and oxygen atoms in total. The first-order chi connectivity index (χ1) is 9.43. The maximum absolute atomic E-state index is 14.0. The lowest BCUT2D eigenvalue weighted by atomic mass is 10.0. The van der Waals surface area contributed by atoms with Gasteiger partial charge in [0.25, 0.3) is 0 Å². The molecule has 0 saturated heterocycles. The van der Waals surface area contributed by atoms with Crippen molar-refractivity contribution in [1.29, 1.82) is 0 Å². The Kier molecular flexibility index (Phi) is 4.30. The molecule has 2 N–H and O–H groups in total. The van der Waals surface area contributed by atoms with Crippen LogP contribution < -0.4 is 10.5 Å². The van der Waals surface area contributed by atoms with Crippen molar-refractivity contribution in [3.63, 3.8) is 0 Å².